The standard InChI is InChI=1S/C19H29N5O/c1-16-21-13-15-24(16)14-7-6-11-22-19(20-2)23-12-10-17-8-4-5-9-18(17)25-3/h4-5,8-9,13,15H,6-7,10-12,14H2,1-3H3,(H2,20,22,23). The number of methoxy groups -OCH3 is 1. The van der Waals surface area contributed by atoms with Crippen molar-refractivity contribution in [1.82, 2.24) is 20.2 Å². The summed E-state index contributed by atoms with van der Waals surface area (Å²) in [6.07, 6.45) is 6.97. The molecule has 0 saturated carbocycles. The van der Waals surface area contributed by atoms with Crippen molar-refractivity contribution in [3.05, 3.63) is 48.0 Å². The van der Waals surface area contributed by atoms with Crippen molar-refractivity contribution >= 4 is 5.96 Å². The van der Waals surface area contributed by atoms with E-state index in [2.05, 4.69) is 31.2 Å². The minimum Gasteiger partial charge on any atom is -0.496 e. The van der Waals surface area contributed by atoms with Crippen molar-refractivity contribution in [1.29, 1.82) is 0 Å². The maximum Gasteiger partial charge on any atom is 0.190 e. The van der Waals surface area contributed by atoms with Crippen LogP contribution in [0.2, 0.25) is 0 Å². The second-order valence-corrected chi connectivity index (χ2v) is 5.86. The molecule has 2 N–H and O–H groups in total. The lowest BCUT2D eigenvalue weighted by molar-refractivity contribution is 0.409. The Balaban J connectivity index is 1.63. The molecule has 0 saturated heterocycles. The average molecular weight is 343 g/mol. The number of hydrogen-bond acceptors (Lipinski definition) is 3. The zero-order valence-electron chi connectivity index (χ0n) is 15.5. The second kappa shape index (κ2) is 10.4. The molecule has 0 radical (unpaired) electrons. The number of hydrogen-bond donors (Lipinski definition) is 2. The fourth-order valence-electron chi connectivity index (χ4n) is 2.70. The van der Waals surface area contributed by atoms with E-state index in [9.17, 15) is 0 Å². The highest BCUT2D eigenvalue weighted by atomic mass is 16.5. The first kappa shape index (κ1) is 18.8. The van der Waals surface area contributed by atoms with E-state index in [1.54, 1.807) is 14.2 Å². The van der Waals surface area contributed by atoms with E-state index in [-0.39, 0.29) is 0 Å². The van der Waals surface area contributed by atoms with Gasteiger partial charge in [-0.25, -0.2) is 4.98 Å². The molecule has 6 nitrogen and oxygen atoms in total. The number of guanidine groups is 1. The quantitative estimate of drug-likeness (QED) is 0.417. The highest BCUT2D eigenvalue weighted by Crippen LogP contribution is 2.17. The lowest BCUT2D eigenvalue weighted by Gasteiger charge is -2.13. The third-order valence-corrected chi connectivity index (χ3v) is 4.14. The summed E-state index contributed by atoms with van der Waals surface area (Å²) in [4.78, 5) is 8.51. The zero-order valence-corrected chi connectivity index (χ0v) is 15.5. The maximum atomic E-state index is 5.38. The van der Waals surface area contributed by atoms with E-state index >= 15 is 0 Å². The largest absolute Gasteiger partial charge is 0.496 e. The van der Waals surface area contributed by atoms with Gasteiger partial charge in [-0.15, -0.1) is 0 Å². The molecular formula is C19H29N5O. The van der Waals surface area contributed by atoms with Crippen LogP contribution >= 0.6 is 0 Å². The van der Waals surface area contributed by atoms with Crippen molar-refractivity contribution in [2.75, 3.05) is 27.2 Å². The summed E-state index contributed by atoms with van der Waals surface area (Å²) in [5.74, 6) is 2.84. The predicted molar refractivity (Wildman–Crippen MR) is 102 cm³/mol. The molecule has 0 aliphatic heterocycles. The number of aryl methyl sites for hydroxylation is 2. The summed E-state index contributed by atoms with van der Waals surface area (Å²) in [7, 11) is 3.51. The molecule has 1 aromatic carbocycles. The van der Waals surface area contributed by atoms with Crippen LogP contribution in [-0.2, 0) is 13.0 Å². The van der Waals surface area contributed by atoms with E-state index in [1.807, 2.05) is 37.5 Å². The van der Waals surface area contributed by atoms with Crippen LogP contribution in [0.4, 0.5) is 0 Å². The number of imidazole rings is 1. The van der Waals surface area contributed by atoms with Gasteiger partial charge in [0.2, 0.25) is 0 Å². The summed E-state index contributed by atoms with van der Waals surface area (Å²) in [5.41, 5.74) is 1.20. The van der Waals surface area contributed by atoms with Gasteiger partial charge in [0.25, 0.3) is 0 Å². The third kappa shape index (κ3) is 6.14. The summed E-state index contributed by atoms with van der Waals surface area (Å²) in [5, 5.41) is 6.71. The Morgan fingerprint density at radius 3 is 2.72 bits per heavy atom. The molecule has 0 aliphatic rings. The molecule has 0 bridgehead atoms. The van der Waals surface area contributed by atoms with Crippen molar-refractivity contribution in [3.63, 3.8) is 0 Å². The highest BCUT2D eigenvalue weighted by Gasteiger charge is 2.02. The van der Waals surface area contributed by atoms with Gasteiger partial charge in [0.05, 0.1) is 7.11 Å². The number of nitrogens with zero attached hydrogens (tertiary/aromatic N) is 3. The van der Waals surface area contributed by atoms with Crippen LogP contribution in [-0.4, -0.2) is 42.8 Å². The SMILES string of the molecule is CN=C(NCCCCn1ccnc1C)NCCc1ccccc1OC. The third-order valence-electron chi connectivity index (χ3n) is 4.14. The average Bonchev–Trinajstić information content (AvgIpc) is 3.05. The first-order chi connectivity index (χ1) is 12.2. The molecule has 2 aromatic rings. The van der Waals surface area contributed by atoms with Gasteiger partial charge < -0.3 is 19.9 Å². The number of para-hydroxylation sites is 1. The molecule has 2 rings (SSSR count). The van der Waals surface area contributed by atoms with Crippen molar-refractivity contribution in [3.8, 4) is 5.75 Å². The van der Waals surface area contributed by atoms with Gasteiger partial charge in [-0.1, -0.05) is 18.2 Å². The number of benzene rings is 1. The summed E-state index contributed by atoms with van der Waals surface area (Å²) in [6, 6.07) is 8.10. The molecule has 136 valence electrons. The molecule has 0 aliphatic carbocycles. The summed E-state index contributed by atoms with van der Waals surface area (Å²) in [6.45, 7) is 4.76. The lowest BCUT2D eigenvalue weighted by Crippen LogP contribution is -2.38. The van der Waals surface area contributed by atoms with Gasteiger partial charge >= 0.3 is 0 Å². The van der Waals surface area contributed by atoms with Gasteiger partial charge in [0.1, 0.15) is 11.6 Å². The Morgan fingerprint density at radius 1 is 1.20 bits per heavy atom. The van der Waals surface area contributed by atoms with Crippen LogP contribution in [0, 0.1) is 6.92 Å². The summed E-state index contributed by atoms with van der Waals surface area (Å²) >= 11 is 0. The van der Waals surface area contributed by atoms with Gasteiger partial charge in [0.15, 0.2) is 5.96 Å². The Bertz CT molecular complexity index is 665. The normalized spacial score (nSPS) is 11.4. The number of unbranched alkanes of at least 4 members (excludes halogenated alkanes) is 1. The monoisotopic (exact) mass is 343 g/mol. The molecular weight excluding hydrogens is 314 g/mol. The fraction of sp³-hybridized carbons (Fsp3) is 0.474. The van der Waals surface area contributed by atoms with Crippen molar-refractivity contribution < 1.29 is 4.74 Å². The maximum absolute atomic E-state index is 5.38. The molecule has 0 atom stereocenters. The summed E-state index contributed by atoms with van der Waals surface area (Å²) < 4.78 is 7.56. The Kier molecular flexibility index (Phi) is 7.82. The Morgan fingerprint density at radius 2 is 2.00 bits per heavy atom. The molecule has 1 heterocycles. The minimum atomic E-state index is 0.814. The van der Waals surface area contributed by atoms with Crippen LogP contribution in [0.25, 0.3) is 0 Å². The van der Waals surface area contributed by atoms with Crippen LogP contribution in [0.5, 0.6) is 5.75 Å². The number of aromatic nitrogens is 2. The number of nitrogens with one attached hydrogen (secondary N) is 2. The molecule has 0 fully saturated rings. The second-order valence-electron chi connectivity index (χ2n) is 5.86. The van der Waals surface area contributed by atoms with Crippen LogP contribution in [0.15, 0.2) is 41.7 Å². The first-order valence-corrected chi connectivity index (χ1v) is 8.78. The van der Waals surface area contributed by atoms with Crippen molar-refractivity contribution in [2.24, 2.45) is 4.99 Å². The lowest BCUT2D eigenvalue weighted by atomic mass is 10.1. The highest BCUT2D eigenvalue weighted by molar-refractivity contribution is 5.79. The van der Waals surface area contributed by atoms with E-state index in [0.717, 1.165) is 56.4 Å². The number of ether oxygens (including phenoxy) is 1. The fourth-order valence-corrected chi connectivity index (χ4v) is 2.70. The van der Waals surface area contributed by atoms with Gasteiger partial charge in [-0.05, 0) is 37.8 Å². The number of rotatable bonds is 9. The van der Waals surface area contributed by atoms with Gasteiger partial charge in [-0.2, -0.15) is 0 Å². The van der Waals surface area contributed by atoms with E-state index in [1.165, 1.54) is 5.56 Å². The molecule has 0 unspecified atom stereocenters. The Labute approximate surface area is 150 Å². The molecule has 1 aromatic heterocycles. The minimum absolute atomic E-state index is 0.814. The van der Waals surface area contributed by atoms with E-state index < -0.39 is 0 Å². The van der Waals surface area contributed by atoms with E-state index in [0.29, 0.717) is 0 Å². The Hall–Kier alpha value is -2.50. The topological polar surface area (TPSA) is 63.5 Å². The van der Waals surface area contributed by atoms with Gasteiger partial charge in [0, 0.05) is 39.1 Å². The molecule has 0 spiro atoms. The first-order valence-electron chi connectivity index (χ1n) is 8.78. The number of aliphatic imine (C=N–C) groups is 1. The van der Waals surface area contributed by atoms with Crippen LogP contribution in [0.3, 0.4) is 0 Å². The zero-order chi connectivity index (χ0) is 17.9. The van der Waals surface area contributed by atoms with E-state index in [4.69, 9.17) is 4.74 Å². The molecule has 6 heteroatoms. The van der Waals surface area contributed by atoms with Gasteiger partial charge in [-0.3, -0.25) is 4.99 Å². The predicted octanol–water partition coefficient (Wildman–Crippen LogP) is 2.39. The van der Waals surface area contributed by atoms with Crippen LogP contribution in [0.1, 0.15) is 24.2 Å². The molecule has 0 amide bonds. The molecule has 25 heavy (non-hydrogen) atoms. The van der Waals surface area contributed by atoms with Crippen LogP contribution < -0.4 is 15.4 Å². The smallest absolute Gasteiger partial charge is 0.190 e. The van der Waals surface area contributed by atoms with Crippen molar-refractivity contribution in [2.45, 2.75) is 32.7 Å².